The predicted octanol–water partition coefficient (Wildman–Crippen LogP) is 2.56. The number of rotatable bonds is 4. The van der Waals surface area contributed by atoms with Gasteiger partial charge in [-0.25, -0.2) is 4.79 Å². The number of carbonyl (C=O) groups is 2. The fourth-order valence-corrected chi connectivity index (χ4v) is 1.88. The molecule has 3 N–H and O–H groups in total. The van der Waals surface area contributed by atoms with Crippen molar-refractivity contribution >= 4 is 12.0 Å². The zero-order chi connectivity index (χ0) is 15.2. The summed E-state index contributed by atoms with van der Waals surface area (Å²) in [7, 11) is 0. The van der Waals surface area contributed by atoms with Gasteiger partial charge in [0.05, 0.1) is 0 Å². The van der Waals surface area contributed by atoms with Crippen LogP contribution in [-0.2, 0) is 0 Å². The Hall–Kier alpha value is -2.82. The highest BCUT2D eigenvalue weighted by Gasteiger charge is 2.06. The van der Waals surface area contributed by atoms with Crippen molar-refractivity contribution in [2.75, 3.05) is 6.54 Å². The number of carbonyl (C=O) groups excluding carboxylic acids is 2. The molecule has 108 valence electrons. The van der Waals surface area contributed by atoms with Gasteiger partial charge >= 0.3 is 6.09 Å². The maximum atomic E-state index is 11.4. The first kappa shape index (κ1) is 14.6. The molecule has 0 radical (unpaired) electrons. The molecule has 0 bridgehead atoms. The normalized spacial score (nSPS) is 9.95. The Morgan fingerprint density at radius 1 is 1.10 bits per heavy atom. The first-order chi connectivity index (χ1) is 10.1. The quantitative estimate of drug-likeness (QED) is 0.905. The lowest BCUT2D eigenvalue weighted by Gasteiger charge is -2.08. The van der Waals surface area contributed by atoms with Crippen molar-refractivity contribution in [1.29, 1.82) is 0 Å². The molecular formula is C16H16N2O3. The minimum absolute atomic E-state index is 0.433. The minimum atomic E-state index is -0.500. The van der Waals surface area contributed by atoms with E-state index in [1.54, 1.807) is 36.4 Å². The van der Waals surface area contributed by atoms with Crippen molar-refractivity contribution in [3.8, 4) is 16.9 Å². The molecule has 2 amide bonds. The number of primary amides is 1. The van der Waals surface area contributed by atoms with Gasteiger partial charge in [0.25, 0.3) is 0 Å². The van der Waals surface area contributed by atoms with Crippen LogP contribution in [0.25, 0.3) is 11.1 Å². The number of amides is 2. The minimum Gasteiger partial charge on any atom is -0.410 e. The van der Waals surface area contributed by atoms with Gasteiger partial charge in [0.1, 0.15) is 5.75 Å². The summed E-state index contributed by atoms with van der Waals surface area (Å²) in [5.74, 6) is -0.0468. The Kier molecular flexibility index (Phi) is 4.56. The number of ether oxygens (including phenoxy) is 1. The maximum Gasteiger partial charge on any atom is 0.412 e. The van der Waals surface area contributed by atoms with E-state index < -0.39 is 12.0 Å². The van der Waals surface area contributed by atoms with Crippen LogP contribution in [0.2, 0.25) is 0 Å². The van der Waals surface area contributed by atoms with Crippen LogP contribution in [0.3, 0.4) is 0 Å². The Morgan fingerprint density at radius 2 is 1.76 bits per heavy atom. The molecule has 0 aliphatic rings. The third kappa shape index (κ3) is 3.82. The van der Waals surface area contributed by atoms with Gasteiger partial charge in [-0.1, -0.05) is 24.3 Å². The fourth-order valence-electron chi connectivity index (χ4n) is 1.88. The van der Waals surface area contributed by atoms with Gasteiger partial charge in [0.15, 0.2) is 0 Å². The monoisotopic (exact) mass is 284 g/mol. The predicted molar refractivity (Wildman–Crippen MR) is 80.1 cm³/mol. The summed E-state index contributed by atoms with van der Waals surface area (Å²) < 4.78 is 5.15. The average molecular weight is 284 g/mol. The third-order valence-electron chi connectivity index (χ3n) is 2.85. The average Bonchev–Trinajstić information content (AvgIpc) is 2.48. The molecule has 0 aromatic heterocycles. The number of hydrogen-bond donors (Lipinski definition) is 2. The first-order valence-corrected chi connectivity index (χ1v) is 6.56. The van der Waals surface area contributed by atoms with Gasteiger partial charge < -0.3 is 15.8 Å². The first-order valence-electron chi connectivity index (χ1n) is 6.56. The molecule has 5 heteroatoms. The molecule has 0 spiro atoms. The van der Waals surface area contributed by atoms with Crippen LogP contribution in [0.5, 0.6) is 5.75 Å². The molecule has 21 heavy (non-hydrogen) atoms. The van der Waals surface area contributed by atoms with Crippen LogP contribution < -0.4 is 15.8 Å². The number of nitrogens with two attached hydrogens (primary N) is 1. The lowest BCUT2D eigenvalue weighted by atomic mass is 10.0. The van der Waals surface area contributed by atoms with Gasteiger partial charge in [0, 0.05) is 12.1 Å². The van der Waals surface area contributed by atoms with E-state index in [4.69, 9.17) is 10.5 Å². The largest absolute Gasteiger partial charge is 0.412 e. The van der Waals surface area contributed by atoms with E-state index in [1.165, 1.54) is 0 Å². The van der Waals surface area contributed by atoms with Crippen molar-refractivity contribution in [2.45, 2.75) is 6.92 Å². The van der Waals surface area contributed by atoms with Crippen LogP contribution in [0.4, 0.5) is 4.79 Å². The molecule has 0 aliphatic carbocycles. The van der Waals surface area contributed by atoms with Crippen LogP contribution >= 0.6 is 0 Å². The topological polar surface area (TPSA) is 81.4 Å². The molecule has 0 saturated carbocycles. The molecule has 0 unspecified atom stereocenters. The molecule has 0 aliphatic heterocycles. The van der Waals surface area contributed by atoms with Gasteiger partial charge in [0.2, 0.25) is 5.91 Å². The second-order valence-electron chi connectivity index (χ2n) is 4.39. The SMILES string of the molecule is CCNC(=O)Oc1cccc(-c2cccc(C(N)=O)c2)c1. The fraction of sp³-hybridized carbons (Fsp3) is 0.125. The van der Waals surface area contributed by atoms with E-state index in [-0.39, 0.29) is 0 Å². The number of nitrogens with one attached hydrogen (secondary N) is 1. The van der Waals surface area contributed by atoms with Gasteiger partial charge in [-0.2, -0.15) is 0 Å². The Balaban J connectivity index is 2.26. The molecule has 5 nitrogen and oxygen atoms in total. The van der Waals surface area contributed by atoms with Crippen LogP contribution in [0.15, 0.2) is 48.5 Å². The maximum absolute atomic E-state index is 11.4. The number of benzene rings is 2. The summed E-state index contributed by atoms with van der Waals surface area (Å²) in [5.41, 5.74) is 7.37. The smallest absolute Gasteiger partial charge is 0.410 e. The van der Waals surface area contributed by atoms with E-state index in [9.17, 15) is 9.59 Å². The summed E-state index contributed by atoms with van der Waals surface area (Å²) in [6.07, 6.45) is -0.500. The Labute approximate surface area is 122 Å². The van der Waals surface area contributed by atoms with Crippen molar-refractivity contribution < 1.29 is 14.3 Å². The number of hydrogen-bond acceptors (Lipinski definition) is 3. The molecule has 2 rings (SSSR count). The van der Waals surface area contributed by atoms with E-state index in [2.05, 4.69) is 5.32 Å². The summed E-state index contributed by atoms with van der Waals surface area (Å²) in [4.78, 5) is 22.6. The summed E-state index contributed by atoms with van der Waals surface area (Å²) in [6, 6.07) is 14.0. The zero-order valence-electron chi connectivity index (χ0n) is 11.6. The van der Waals surface area contributed by atoms with E-state index in [0.717, 1.165) is 11.1 Å². The molecule has 0 atom stereocenters. The van der Waals surface area contributed by atoms with Crippen LogP contribution in [0, 0.1) is 0 Å². The van der Waals surface area contributed by atoms with Crippen LogP contribution in [-0.4, -0.2) is 18.5 Å². The second-order valence-corrected chi connectivity index (χ2v) is 4.39. The summed E-state index contributed by atoms with van der Waals surface area (Å²) >= 11 is 0. The second kappa shape index (κ2) is 6.56. The highest BCUT2D eigenvalue weighted by Crippen LogP contribution is 2.24. The summed E-state index contributed by atoms with van der Waals surface area (Å²) in [5, 5.41) is 2.55. The van der Waals surface area contributed by atoms with Gasteiger partial charge in [-0.15, -0.1) is 0 Å². The van der Waals surface area contributed by atoms with Crippen molar-refractivity contribution in [3.05, 3.63) is 54.1 Å². The zero-order valence-corrected chi connectivity index (χ0v) is 11.6. The van der Waals surface area contributed by atoms with Crippen LogP contribution in [0.1, 0.15) is 17.3 Å². The lowest BCUT2D eigenvalue weighted by molar-refractivity contribution is 0.1000. The van der Waals surface area contributed by atoms with E-state index in [1.807, 2.05) is 19.1 Å². The Bertz CT molecular complexity index is 668. The molecule has 2 aromatic carbocycles. The Morgan fingerprint density at radius 3 is 2.43 bits per heavy atom. The summed E-state index contributed by atoms with van der Waals surface area (Å²) in [6.45, 7) is 2.31. The lowest BCUT2D eigenvalue weighted by Crippen LogP contribution is -2.26. The highest BCUT2D eigenvalue weighted by atomic mass is 16.5. The van der Waals surface area contributed by atoms with Crippen molar-refractivity contribution in [3.63, 3.8) is 0 Å². The van der Waals surface area contributed by atoms with Crippen molar-refractivity contribution in [1.82, 2.24) is 5.32 Å². The molecule has 0 heterocycles. The van der Waals surface area contributed by atoms with Crippen molar-refractivity contribution in [2.24, 2.45) is 5.73 Å². The molecule has 0 fully saturated rings. The van der Waals surface area contributed by atoms with E-state index >= 15 is 0 Å². The molecule has 0 saturated heterocycles. The van der Waals surface area contributed by atoms with E-state index in [0.29, 0.717) is 17.9 Å². The standard InChI is InChI=1S/C16H16N2O3/c1-2-18-16(20)21-14-8-4-6-12(10-14)11-5-3-7-13(9-11)15(17)19/h3-10H,2H2,1H3,(H2,17,19)(H,18,20). The van der Waals surface area contributed by atoms with Gasteiger partial charge in [-0.3, -0.25) is 4.79 Å². The molecular weight excluding hydrogens is 268 g/mol. The molecule has 2 aromatic rings. The third-order valence-corrected chi connectivity index (χ3v) is 2.85. The van der Waals surface area contributed by atoms with Gasteiger partial charge in [-0.05, 0) is 42.3 Å². The highest BCUT2D eigenvalue weighted by molar-refractivity contribution is 5.94.